The highest BCUT2D eigenvalue weighted by atomic mass is 16.1. The molecule has 0 spiro atoms. The fraction of sp³-hybridized carbons (Fsp3) is 0.368. The minimum absolute atomic E-state index is 0.155. The number of hydrogen-bond donors (Lipinski definition) is 2. The lowest BCUT2D eigenvalue weighted by Crippen LogP contribution is -2.35. The monoisotopic (exact) mass is 335 g/mol. The van der Waals surface area contributed by atoms with Gasteiger partial charge in [-0.15, -0.1) is 0 Å². The van der Waals surface area contributed by atoms with Gasteiger partial charge in [0.2, 0.25) is 5.95 Å². The smallest absolute Gasteiger partial charge is 0.270 e. The second-order valence-corrected chi connectivity index (χ2v) is 6.24. The molecule has 0 saturated heterocycles. The Bertz CT molecular complexity index is 758. The summed E-state index contributed by atoms with van der Waals surface area (Å²) in [4.78, 5) is 20.9. The van der Waals surface area contributed by atoms with E-state index < -0.39 is 0 Å². The zero-order valence-electron chi connectivity index (χ0n) is 14.0. The van der Waals surface area contributed by atoms with Gasteiger partial charge in [-0.25, -0.2) is 9.97 Å². The van der Waals surface area contributed by atoms with E-state index in [2.05, 4.69) is 26.7 Å². The van der Waals surface area contributed by atoms with Gasteiger partial charge in [0.25, 0.3) is 5.91 Å². The molecule has 6 heteroatoms. The summed E-state index contributed by atoms with van der Waals surface area (Å²) >= 11 is 0. The molecule has 0 bridgehead atoms. The fourth-order valence-corrected chi connectivity index (χ4v) is 2.99. The molecule has 1 saturated carbocycles. The van der Waals surface area contributed by atoms with Crippen molar-refractivity contribution in [2.24, 2.45) is 0 Å². The van der Waals surface area contributed by atoms with Crippen molar-refractivity contribution in [1.82, 2.24) is 15.3 Å². The van der Waals surface area contributed by atoms with Crippen LogP contribution in [0, 0.1) is 11.3 Å². The number of carbonyl (C=O) groups is 1. The van der Waals surface area contributed by atoms with E-state index in [-0.39, 0.29) is 11.9 Å². The van der Waals surface area contributed by atoms with E-state index in [0.717, 1.165) is 18.5 Å². The zero-order valence-corrected chi connectivity index (χ0v) is 14.0. The summed E-state index contributed by atoms with van der Waals surface area (Å²) in [5, 5.41) is 15.0. The largest absolute Gasteiger partial charge is 0.348 e. The summed E-state index contributed by atoms with van der Waals surface area (Å²) < 4.78 is 0. The van der Waals surface area contributed by atoms with Crippen LogP contribution >= 0.6 is 0 Å². The van der Waals surface area contributed by atoms with Gasteiger partial charge in [0, 0.05) is 17.9 Å². The van der Waals surface area contributed by atoms with E-state index in [1.54, 1.807) is 36.5 Å². The molecule has 1 heterocycles. The van der Waals surface area contributed by atoms with Crippen LogP contribution in [0.2, 0.25) is 0 Å². The fourth-order valence-electron chi connectivity index (χ4n) is 2.99. The Hall–Kier alpha value is -2.94. The number of anilines is 2. The molecule has 2 N–H and O–H groups in total. The molecule has 3 rings (SSSR count). The Kier molecular flexibility index (Phi) is 5.57. The van der Waals surface area contributed by atoms with Crippen LogP contribution in [0.25, 0.3) is 0 Å². The van der Waals surface area contributed by atoms with Crippen molar-refractivity contribution in [3.8, 4) is 6.07 Å². The van der Waals surface area contributed by atoms with Crippen molar-refractivity contribution in [3.05, 3.63) is 47.8 Å². The van der Waals surface area contributed by atoms with E-state index in [1.807, 2.05) is 0 Å². The third-order valence-corrected chi connectivity index (χ3v) is 4.35. The first-order valence-electron chi connectivity index (χ1n) is 8.66. The molecule has 128 valence electrons. The number of aromatic nitrogens is 2. The van der Waals surface area contributed by atoms with Gasteiger partial charge in [-0.1, -0.05) is 25.7 Å². The maximum absolute atomic E-state index is 12.4. The predicted molar refractivity (Wildman–Crippen MR) is 95.4 cm³/mol. The highest BCUT2D eigenvalue weighted by molar-refractivity contribution is 5.92. The van der Waals surface area contributed by atoms with Crippen molar-refractivity contribution >= 4 is 17.5 Å². The number of rotatable bonds is 4. The van der Waals surface area contributed by atoms with E-state index in [4.69, 9.17) is 5.26 Å². The molecule has 6 nitrogen and oxygen atoms in total. The molecule has 0 atom stereocenters. The second-order valence-electron chi connectivity index (χ2n) is 6.24. The summed E-state index contributed by atoms with van der Waals surface area (Å²) in [5.74, 6) is 0.204. The maximum atomic E-state index is 12.4. The minimum atomic E-state index is -0.155. The molecule has 1 aliphatic rings. The molecular formula is C19H21N5O. The lowest BCUT2D eigenvalue weighted by Gasteiger charge is -2.16. The van der Waals surface area contributed by atoms with E-state index >= 15 is 0 Å². The zero-order chi connectivity index (χ0) is 17.5. The SMILES string of the molecule is N#Cc1ccc(Nc2nccc(C(=O)NC3CCCCCC3)n2)cc1. The highest BCUT2D eigenvalue weighted by Gasteiger charge is 2.17. The molecular weight excluding hydrogens is 314 g/mol. The van der Waals surface area contributed by atoms with Gasteiger partial charge in [-0.2, -0.15) is 5.26 Å². The number of benzene rings is 1. The minimum Gasteiger partial charge on any atom is -0.348 e. The average Bonchev–Trinajstić information content (AvgIpc) is 2.91. The average molecular weight is 335 g/mol. The van der Waals surface area contributed by atoms with Crippen LogP contribution in [0.5, 0.6) is 0 Å². The number of nitrogens with one attached hydrogen (secondary N) is 2. The number of nitrogens with zero attached hydrogens (tertiary/aromatic N) is 3. The molecule has 1 fully saturated rings. The van der Waals surface area contributed by atoms with Crippen LogP contribution in [-0.2, 0) is 0 Å². The van der Waals surface area contributed by atoms with Gasteiger partial charge in [0.1, 0.15) is 5.69 Å². The van der Waals surface area contributed by atoms with E-state index in [0.29, 0.717) is 17.2 Å². The Balaban J connectivity index is 1.65. The Morgan fingerprint density at radius 2 is 1.80 bits per heavy atom. The lowest BCUT2D eigenvalue weighted by atomic mass is 10.1. The van der Waals surface area contributed by atoms with Gasteiger partial charge in [0.05, 0.1) is 11.6 Å². The van der Waals surface area contributed by atoms with E-state index in [1.165, 1.54) is 25.7 Å². The first-order chi connectivity index (χ1) is 12.2. The lowest BCUT2D eigenvalue weighted by molar-refractivity contribution is 0.0928. The number of hydrogen-bond acceptors (Lipinski definition) is 5. The highest BCUT2D eigenvalue weighted by Crippen LogP contribution is 2.18. The van der Waals surface area contributed by atoms with Gasteiger partial charge in [-0.05, 0) is 43.2 Å². The Labute approximate surface area is 147 Å². The van der Waals surface area contributed by atoms with Crippen LogP contribution in [0.15, 0.2) is 36.5 Å². The molecule has 2 aromatic rings. The molecule has 1 aromatic carbocycles. The topological polar surface area (TPSA) is 90.7 Å². The van der Waals surface area contributed by atoms with Crippen molar-refractivity contribution in [2.75, 3.05) is 5.32 Å². The number of carbonyl (C=O) groups excluding carboxylic acids is 1. The molecule has 25 heavy (non-hydrogen) atoms. The first-order valence-corrected chi connectivity index (χ1v) is 8.66. The summed E-state index contributed by atoms with van der Waals surface area (Å²) in [5.41, 5.74) is 1.71. The second kappa shape index (κ2) is 8.25. The number of amides is 1. The third-order valence-electron chi connectivity index (χ3n) is 4.35. The molecule has 0 aliphatic heterocycles. The summed E-state index contributed by atoms with van der Waals surface area (Å²) in [6, 6.07) is 10.9. The van der Waals surface area contributed by atoms with Crippen LogP contribution in [0.3, 0.4) is 0 Å². The van der Waals surface area contributed by atoms with Crippen molar-refractivity contribution < 1.29 is 4.79 Å². The quantitative estimate of drug-likeness (QED) is 0.834. The van der Waals surface area contributed by atoms with Crippen molar-refractivity contribution in [3.63, 3.8) is 0 Å². The summed E-state index contributed by atoms with van der Waals surface area (Å²) in [6.07, 6.45) is 8.47. The molecule has 1 aliphatic carbocycles. The Morgan fingerprint density at radius 3 is 2.48 bits per heavy atom. The summed E-state index contributed by atoms with van der Waals surface area (Å²) in [6.45, 7) is 0. The predicted octanol–water partition coefficient (Wildman–Crippen LogP) is 3.54. The summed E-state index contributed by atoms with van der Waals surface area (Å²) in [7, 11) is 0. The third kappa shape index (κ3) is 4.77. The van der Waals surface area contributed by atoms with Crippen molar-refractivity contribution in [1.29, 1.82) is 5.26 Å². The van der Waals surface area contributed by atoms with Crippen LogP contribution < -0.4 is 10.6 Å². The normalized spacial score (nSPS) is 15.0. The van der Waals surface area contributed by atoms with Gasteiger partial charge < -0.3 is 10.6 Å². The van der Waals surface area contributed by atoms with E-state index in [9.17, 15) is 4.79 Å². The van der Waals surface area contributed by atoms with Crippen LogP contribution in [0.4, 0.5) is 11.6 Å². The van der Waals surface area contributed by atoms with Crippen LogP contribution in [-0.4, -0.2) is 21.9 Å². The van der Waals surface area contributed by atoms with Gasteiger partial charge in [-0.3, -0.25) is 4.79 Å². The van der Waals surface area contributed by atoms with Gasteiger partial charge >= 0.3 is 0 Å². The van der Waals surface area contributed by atoms with Crippen molar-refractivity contribution in [2.45, 2.75) is 44.6 Å². The standard InChI is InChI=1S/C19H21N5O/c20-13-14-7-9-16(10-8-14)23-19-21-12-11-17(24-19)18(25)22-15-5-3-1-2-4-6-15/h7-12,15H,1-6H2,(H,22,25)(H,21,23,24). The molecule has 1 amide bonds. The molecule has 0 unspecified atom stereocenters. The Morgan fingerprint density at radius 1 is 1.08 bits per heavy atom. The first kappa shape index (κ1) is 16.9. The maximum Gasteiger partial charge on any atom is 0.270 e. The number of nitriles is 1. The molecule has 1 aromatic heterocycles. The van der Waals surface area contributed by atoms with Gasteiger partial charge in [0.15, 0.2) is 0 Å². The van der Waals surface area contributed by atoms with Crippen LogP contribution in [0.1, 0.15) is 54.6 Å². The molecule has 0 radical (unpaired) electrons.